The molecule has 1 aliphatic heterocycles. The predicted octanol–water partition coefficient (Wildman–Crippen LogP) is 1.18. The van der Waals surface area contributed by atoms with Gasteiger partial charge < -0.3 is 15.5 Å². The van der Waals surface area contributed by atoms with Crippen molar-refractivity contribution in [1.29, 1.82) is 0 Å². The summed E-state index contributed by atoms with van der Waals surface area (Å²) in [4.78, 5) is 18.4. The molecular weight excluding hydrogens is 308 g/mol. The minimum atomic E-state index is -0.896. The van der Waals surface area contributed by atoms with E-state index in [1.54, 1.807) is 17.6 Å². The van der Waals surface area contributed by atoms with Gasteiger partial charge in [-0.15, -0.1) is 11.3 Å². The molecule has 1 saturated heterocycles. The van der Waals surface area contributed by atoms with E-state index in [4.69, 9.17) is 0 Å². The number of aromatic nitrogens is 1. The van der Waals surface area contributed by atoms with Gasteiger partial charge in [-0.25, -0.2) is 9.78 Å². The zero-order chi connectivity index (χ0) is 15.2. The molecule has 0 spiro atoms. The van der Waals surface area contributed by atoms with Crippen LogP contribution in [0.15, 0.2) is 11.6 Å². The SMILES string of the molecule is C[C@@H](C[S@](C)=O)NC(=O)NC1CCN(c2nccs2)CC1. The zero-order valence-corrected chi connectivity index (χ0v) is 14.0. The van der Waals surface area contributed by atoms with E-state index in [0.717, 1.165) is 31.1 Å². The predicted molar refractivity (Wildman–Crippen MR) is 87.4 cm³/mol. The Hall–Kier alpha value is -1.15. The molecule has 0 aromatic carbocycles. The van der Waals surface area contributed by atoms with Gasteiger partial charge in [0.25, 0.3) is 0 Å². The first-order valence-corrected chi connectivity index (χ1v) is 9.67. The number of urea groups is 1. The van der Waals surface area contributed by atoms with Gasteiger partial charge in [0.15, 0.2) is 5.13 Å². The number of thiazole rings is 1. The van der Waals surface area contributed by atoms with Gasteiger partial charge >= 0.3 is 6.03 Å². The summed E-state index contributed by atoms with van der Waals surface area (Å²) in [5, 5.41) is 8.86. The van der Waals surface area contributed by atoms with E-state index in [1.807, 2.05) is 18.5 Å². The fourth-order valence-corrected chi connectivity index (χ4v) is 3.92. The average Bonchev–Trinajstić information content (AvgIpc) is 2.92. The topological polar surface area (TPSA) is 74.3 Å². The number of rotatable bonds is 5. The highest BCUT2D eigenvalue weighted by atomic mass is 32.2. The Balaban J connectivity index is 1.70. The molecule has 2 N–H and O–H groups in total. The molecule has 8 heteroatoms. The van der Waals surface area contributed by atoms with Crippen LogP contribution in [-0.2, 0) is 10.8 Å². The summed E-state index contributed by atoms with van der Waals surface area (Å²) in [5.41, 5.74) is 0. The van der Waals surface area contributed by atoms with Crippen LogP contribution in [0.5, 0.6) is 0 Å². The summed E-state index contributed by atoms with van der Waals surface area (Å²) in [6.07, 6.45) is 5.30. The molecule has 118 valence electrons. The van der Waals surface area contributed by atoms with Gasteiger partial charge in [0.05, 0.1) is 0 Å². The van der Waals surface area contributed by atoms with Gasteiger partial charge in [0.2, 0.25) is 0 Å². The third kappa shape index (κ3) is 5.28. The molecule has 0 bridgehead atoms. The van der Waals surface area contributed by atoms with Gasteiger partial charge in [0.1, 0.15) is 0 Å². The van der Waals surface area contributed by atoms with Crippen molar-refractivity contribution in [2.75, 3.05) is 30.0 Å². The smallest absolute Gasteiger partial charge is 0.315 e. The molecular formula is C13H22N4O2S2. The molecule has 0 saturated carbocycles. The number of carbonyl (C=O) groups excluding carboxylic acids is 1. The van der Waals surface area contributed by atoms with Crippen molar-refractivity contribution in [2.24, 2.45) is 0 Å². The number of anilines is 1. The Bertz CT molecular complexity index is 473. The summed E-state index contributed by atoms with van der Waals surface area (Å²) < 4.78 is 11.1. The van der Waals surface area contributed by atoms with Crippen molar-refractivity contribution in [3.05, 3.63) is 11.6 Å². The molecule has 2 rings (SSSR count). The summed E-state index contributed by atoms with van der Waals surface area (Å²) in [5.74, 6) is 0.482. The van der Waals surface area contributed by atoms with Crippen molar-refractivity contribution < 1.29 is 9.00 Å². The standard InChI is InChI=1S/C13H22N4O2S2/c1-10(9-21(2)19)15-12(18)16-11-3-6-17(7-4-11)13-14-5-8-20-13/h5,8,10-11H,3-4,6-7,9H2,1-2H3,(H2,15,16,18)/t10-,21-/m0/s1. The highest BCUT2D eigenvalue weighted by Gasteiger charge is 2.22. The van der Waals surface area contributed by atoms with Crippen molar-refractivity contribution in [3.63, 3.8) is 0 Å². The van der Waals surface area contributed by atoms with Gasteiger partial charge in [-0.05, 0) is 19.8 Å². The highest BCUT2D eigenvalue weighted by molar-refractivity contribution is 7.84. The Labute approximate surface area is 131 Å². The van der Waals surface area contributed by atoms with Gasteiger partial charge in [-0.3, -0.25) is 4.21 Å². The van der Waals surface area contributed by atoms with E-state index in [9.17, 15) is 9.00 Å². The van der Waals surface area contributed by atoms with Crippen LogP contribution in [0.3, 0.4) is 0 Å². The highest BCUT2D eigenvalue weighted by Crippen LogP contribution is 2.21. The maximum absolute atomic E-state index is 11.9. The second kappa shape index (κ2) is 7.74. The maximum Gasteiger partial charge on any atom is 0.315 e. The van der Waals surface area contributed by atoms with E-state index in [-0.39, 0.29) is 18.1 Å². The number of nitrogens with one attached hydrogen (secondary N) is 2. The number of nitrogens with zero attached hydrogens (tertiary/aromatic N) is 2. The van der Waals surface area contributed by atoms with Crippen LogP contribution in [-0.4, -0.2) is 52.4 Å². The van der Waals surface area contributed by atoms with E-state index < -0.39 is 10.8 Å². The fourth-order valence-electron chi connectivity index (χ4n) is 2.43. The van der Waals surface area contributed by atoms with E-state index >= 15 is 0 Å². The molecule has 2 amide bonds. The summed E-state index contributed by atoms with van der Waals surface area (Å²) in [7, 11) is -0.896. The Morgan fingerprint density at radius 1 is 1.57 bits per heavy atom. The van der Waals surface area contributed by atoms with Crippen molar-refractivity contribution in [2.45, 2.75) is 31.8 Å². The molecule has 21 heavy (non-hydrogen) atoms. The van der Waals surface area contributed by atoms with Crippen LogP contribution in [0.4, 0.5) is 9.93 Å². The molecule has 2 heterocycles. The Morgan fingerprint density at radius 3 is 2.86 bits per heavy atom. The summed E-state index contributed by atoms with van der Waals surface area (Å²) in [6.45, 7) is 3.69. The zero-order valence-electron chi connectivity index (χ0n) is 12.4. The van der Waals surface area contributed by atoms with E-state index in [2.05, 4.69) is 20.5 Å². The first kappa shape index (κ1) is 16.2. The lowest BCUT2D eigenvalue weighted by atomic mass is 10.1. The molecule has 1 aliphatic rings. The summed E-state index contributed by atoms with van der Waals surface area (Å²) >= 11 is 1.64. The Kier molecular flexibility index (Phi) is 5.98. The first-order valence-electron chi connectivity index (χ1n) is 7.06. The normalized spacial score (nSPS) is 19.0. The minimum absolute atomic E-state index is 0.0776. The second-order valence-corrected chi connectivity index (χ2v) is 7.69. The van der Waals surface area contributed by atoms with Gasteiger partial charge in [0, 0.05) is 59.6 Å². The lowest BCUT2D eigenvalue weighted by Gasteiger charge is -2.32. The third-order valence-electron chi connectivity index (χ3n) is 3.38. The van der Waals surface area contributed by atoms with Crippen molar-refractivity contribution >= 4 is 33.3 Å². The van der Waals surface area contributed by atoms with Crippen LogP contribution in [0, 0.1) is 0 Å². The monoisotopic (exact) mass is 330 g/mol. The lowest BCUT2D eigenvalue weighted by Crippen LogP contribution is -2.50. The van der Waals surface area contributed by atoms with Crippen LogP contribution in [0.25, 0.3) is 0 Å². The number of hydrogen-bond acceptors (Lipinski definition) is 5. The van der Waals surface area contributed by atoms with Gasteiger partial charge in [-0.2, -0.15) is 0 Å². The second-order valence-electron chi connectivity index (χ2n) is 5.33. The third-order valence-corrected chi connectivity index (χ3v) is 5.18. The Morgan fingerprint density at radius 2 is 2.29 bits per heavy atom. The van der Waals surface area contributed by atoms with Gasteiger partial charge in [-0.1, -0.05) is 0 Å². The van der Waals surface area contributed by atoms with Crippen molar-refractivity contribution in [3.8, 4) is 0 Å². The molecule has 1 aromatic rings. The van der Waals surface area contributed by atoms with Crippen molar-refractivity contribution in [1.82, 2.24) is 15.6 Å². The molecule has 1 fully saturated rings. The largest absolute Gasteiger partial charge is 0.348 e. The maximum atomic E-state index is 11.9. The van der Waals surface area contributed by atoms with Crippen LogP contribution < -0.4 is 15.5 Å². The molecule has 2 atom stereocenters. The lowest BCUT2D eigenvalue weighted by molar-refractivity contribution is 0.232. The molecule has 1 aromatic heterocycles. The van der Waals surface area contributed by atoms with E-state index in [1.165, 1.54) is 0 Å². The number of piperidine rings is 1. The number of carbonyl (C=O) groups is 1. The van der Waals surface area contributed by atoms with Crippen LogP contribution in [0.2, 0.25) is 0 Å². The van der Waals surface area contributed by atoms with Crippen LogP contribution in [0.1, 0.15) is 19.8 Å². The molecule has 6 nitrogen and oxygen atoms in total. The minimum Gasteiger partial charge on any atom is -0.348 e. The quantitative estimate of drug-likeness (QED) is 0.850. The fraction of sp³-hybridized carbons (Fsp3) is 0.692. The summed E-state index contributed by atoms with van der Waals surface area (Å²) in [6, 6.07) is -0.0487. The average molecular weight is 330 g/mol. The molecule has 0 aliphatic carbocycles. The van der Waals surface area contributed by atoms with E-state index in [0.29, 0.717) is 5.75 Å². The first-order chi connectivity index (χ1) is 10.0. The van der Waals surface area contributed by atoms with Crippen LogP contribution >= 0.6 is 11.3 Å². The molecule has 0 unspecified atom stereocenters. The molecule has 0 radical (unpaired) electrons. The number of amides is 2. The number of hydrogen-bond donors (Lipinski definition) is 2.